The van der Waals surface area contributed by atoms with Crippen LogP contribution in [-0.2, 0) is 9.53 Å². The minimum atomic E-state index is -0.170. The number of hydrogen-bond donors (Lipinski definition) is 2. The van der Waals surface area contributed by atoms with Crippen molar-refractivity contribution < 1.29 is 14.3 Å². The quantitative estimate of drug-likeness (QED) is 0.447. The number of carbonyl (C=O) groups is 2. The third kappa shape index (κ3) is 2.94. The topological polar surface area (TPSA) is 67.4 Å². The van der Waals surface area contributed by atoms with Gasteiger partial charge in [-0.1, -0.05) is 6.08 Å². The SMILES string of the molecule is COC(=O)CCC/C=C1/SC[C@@H]2NC(=O)N[C@H]12. The standard InChI is InChI=1S/C11H16N2O3S/c1-16-9(14)5-3-2-4-8-10-7(6-17-8)12-11(15)13-10/h4,7,10H,2-3,5-6H2,1H3,(H2,12,13,15)/b8-4+/t7-,10-/m0/s1. The van der Waals surface area contributed by atoms with Gasteiger partial charge in [-0.3, -0.25) is 4.79 Å². The van der Waals surface area contributed by atoms with E-state index in [2.05, 4.69) is 21.4 Å². The van der Waals surface area contributed by atoms with Gasteiger partial charge >= 0.3 is 12.0 Å². The average molecular weight is 256 g/mol. The van der Waals surface area contributed by atoms with Crippen molar-refractivity contribution in [3.63, 3.8) is 0 Å². The van der Waals surface area contributed by atoms with Crippen LogP contribution in [0.3, 0.4) is 0 Å². The summed E-state index contributed by atoms with van der Waals surface area (Å²) in [7, 11) is 1.40. The van der Waals surface area contributed by atoms with Crippen LogP contribution < -0.4 is 10.6 Å². The van der Waals surface area contributed by atoms with E-state index in [0.29, 0.717) is 6.42 Å². The second-order valence-electron chi connectivity index (χ2n) is 4.09. The van der Waals surface area contributed by atoms with Crippen LogP contribution in [0.5, 0.6) is 0 Å². The van der Waals surface area contributed by atoms with Gasteiger partial charge in [-0.2, -0.15) is 0 Å². The first-order chi connectivity index (χ1) is 8.20. The van der Waals surface area contributed by atoms with E-state index in [9.17, 15) is 9.59 Å². The number of amides is 2. The summed E-state index contributed by atoms with van der Waals surface area (Å²) in [5.74, 6) is 0.753. The Hall–Kier alpha value is -1.17. The van der Waals surface area contributed by atoms with Crippen molar-refractivity contribution in [3.8, 4) is 0 Å². The lowest BCUT2D eigenvalue weighted by atomic mass is 10.1. The van der Waals surface area contributed by atoms with Crippen molar-refractivity contribution in [3.05, 3.63) is 11.0 Å². The summed E-state index contributed by atoms with van der Waals surface area (Å²) in [6.45, 7) is 0. The minimum Gasteiger partial charge on any atom is -0.469 e. The fraction of sp³-hybridized carbons (Fsp3) is 0.636. The van der Waals surface area contributed by atoms with Crippen LogP contribution >= 0.6 is 11.8 Å². The Bertz CT molecular complexity index is 357. The minimum absolute atomic E-state index is 0.0826. The molecule has 2 atom stereocenters. The Labute approximate surface area is 104 Å². The number of hydrogen-bond acceptors (Lipinski definition) is 4. The molecular weight excluding hydrogens is 240 g/mol. The summed E-state index contributed by atoms with van der Waals surface area (Å²) in [5, 5.41) is 5.77. The summed E-state index contributed by atoms with van der Waals surface area (Å²) < 4.78 is 4.57. The Morgan fingerprint density at radius 3 is 3.18 bits per heavy atom. The molecule has 0 aromatic rings. The number of carbonyl (C=O) groups excluding carboxylic acids is 2. The van der Waals surface area contributed by atoms with Crippen LogP contribution in [0, 0.1) is 0 Å². The zero-order chi connectivity index (χ0) is 12.3. The van der Waals surface area contributed by atoms with Crippen LogP contribution in [0.15, 0.2) is 11.0 Å². The molecule has 0 aliphatic carbocycles. The molecule has 2 fully saturated rings. The number of methoxy groups -OCH3 is 1. The van der Waals surface area contributed by atoms with Gasteiger partial charge in [0.05, 0.1) is 19.2 Å². The summed E-state index contributed by atoms with van der Waals surface area (Å²) in [6.07, 6.45) is 4.20. The number of ether oxygens (including phenoxy) is 1. The van der Waals surface area contributed by atoms with Gasteiger partial charge < -0.3 is 15.4 Å². The van der Waals surface area contributed by atoms with Crippen molar-refractivity contribution in [2.24, 2.45) is 0 Å². The Morgan fingerprint density at radius 2 is 2.41 bits per heavy atom. The summed E-state index contributed by atoms with van der Waals surface area (Å²) in [5.41, 5.74) is 0. The monoisotopic (exact) mass is 256 g/mol. The van der Waals surface area contributed by atoms with E-state index in [4.69, 9.17) is 0 Å². The van der Waals surface area contributed by atoms with Gasteiger partial charge in [-0.25, -0.2) is 4.79 Å². The van der Waals surface area contributed by atoms with E-state index < -0.39 is 0 Å². The number of urea groups is 1. The first-order valence-electron chi connectivity index (χ1n) is 5.67. The van der Waals surface area contributed by atoms with Crippen molar-refractivity contribution in [1.29, 1.82) is 0 Å². The van der Waals surface area contributed by atoms with Gasteiger partial charge in [-0.15, -0.1) is 11.8 Å². The van der Waals surface area contributed by atoms with Gasteiger partial charge in [0.1, 0.15) is 0 Å². The largest absolute Gasteiger partial charge is 0.469 e. The van der Waals surface area contributed by atoms with Crippen LogP contribution in [0.1, 0.15) is 19.3 Å². The number of thioether (sulfide) groups is 1. The fourth-order valence-corrected chi connectivity index (χ4v) is 3.28. The van der Waals surface area contributed by atoms with Crippen LogP contribution in [-0.4, -0.2) is 36.9 Å². The first kappa shape index (κ1) is 12.3. The molecule has 0 saturated carbocycles. The predicted octanol–water partition coefficient (Wildman–Crippen LogP) is 1.01. The Balaban J connectivity index is 1.78. The third-order valence-corrected chi connectivity index (χ3v) is 4.18. The highest BCUT2D eigenvalue weighted by Gasteiger charge is 2.39. The molecule has 2 aliphatic rings. The van der Waals surface area contributed by atoms with Crippen LogP contribution in [0.4, 0.5) is 4.79 Å². The predicted molar refractivity (Wildman–Crippen MR) is 65.7 cm³/mol. The van der Waals surface area contributed by atoms with Crippen molar-refractivity contribution in [2.75, 3.05) is 12.9 Å². The Morgan fingerprint density at radius 1 is 1.59 bits per heavy atom. The molecule has 2 rings (SSSR count). The third-order valence-electron chi connectivity index (χ3n) is 2.90. The molecule has 2 saturated heterocycles. The van der Waals surface area contributed by atoms with E-state index in [1.165, 1.54) is 12.0 Å². The van der Waals surface area contributed by atoms with E-state index in [-0.39, 0.29) is 24.1 Å². The molecule has 5 nitrogen and oxygen atoms in total. The highest BCUT2D eigenvalue weighted by Crippen LogP contribution is 2.33. The molecule has 94 valence electrons. The molecule has 0 bridgehead atoms. The van der Waals surface area contributed by atoms with Gasteiger partial charge in [0.15, 0.2) is 0 Å². The molecule has 0 radical (unpaired) electrons. The zero-order valence-electron chi connectivity index (χ0n) is 9.69. The lowest BCUT2D eigenvalue weighted by Crippen LogP contribution is -2.30. The lowest BCUT2D eigenvalue weighted by Gasteiger charge is -2.07. The molecule has 0 aromatic heterocycles. The molecule has 0 spiro atoms. The maximum atomic E-state index is 11.1. The number of rotatable bonds is 4. The van der Waals surface area contributed by atoms with E-state index in [1.807, 2.05) is 0 Å². The summed E-state index contributed by atoms with van der Waals surface area (Å²) in [6, 6.07) is 0.269. The molecular formula is C11H16N2O3S. The van der Waals surface area contributed by atoms with Gasteiger partial charge in [0.25, 0.3) is 0 Å². The molecule has 2 N–H and O–H groups in total. The summed E-state index contributed by atoms with van der Waals surface area (Å²) >= 11 is 1.77. The van der Waals surface area contributed by atoms with E-state index >= 15 is 0 Å². The molecule has 6 heteroatoms. The second kappa shape index (κ2) is 5.44. The average Bonchev–Trinajstić information content (AvgIpc) is 2.84. The van der Waals surface area contributed by atoms with Gasteiger partial charge in [-0.05, 0) is 12.8 Å². The van der Waals surface area contributed by atoms with Gasteiger partial charge in [0, 0.05) is 17.1 Å². The van der Waals surface area contributed by atoms with Crippen LogP contribution in [0.2, 0.25) is 0 Å². The molecule has 2 amide bonds. The normalized spacial score (nSPS) is 28.8. The maximum absolute atomic E-state index is 11.1. The number of unbranched alkanes of at least 4 members (excludes halogenated alkanes) is 1. The molecule has 2 aliphatic heterocycles. The number of nitrogens with one attached hydrogen (secondary N) is 2. The second-order valence-corrected chi connectivity index (χ2v) is 5.18. The highest BCUT2D eigenvalue weighted by molar-refractivity contribution is 8.03. The number of fused-ring (bicyclic) bond motifs is 1. The molecule has 17 heavy (non-hydrogen) atoms. The Kier molecular flexibility index (Phi) is 3.93. The lowest BCUT2D eigenvalue weighted by molar-refractivity contribution is -0.140. The van der Waals surface area contributed by atoms with Gasteiger partial charge in [0.2, 0.25) is 0 Å². The van der Waals surface area contributed by atoms with Crippen molar-refractivity contribution in [1.82, 2.24) is 10.6 Å². The van der Waals surface area contributed by atoms with Crippen molar-refractivity contribution >= 4 is 23.8 Å². The number of allylic oxidation sites excluding steroid dienone is 1. The maximum Gasteiger partial charge on any atom is 0.315 e. The summed E-state index contributed by atoms with van der Waals surface area (Å²) in [4.78, 5) is 23.3. The fourth-order valence-electron chi connectivity index (χ4n) is 2.00. The molecule has 2 heterocycles. The van der Waals surface area contributed by atoms with E-state index in [1.54, 1.807) is 11.8 Å². The zero-order valence-corrected chi connectivity index (χ0v) is 10.5. The smallest absolute Gasteiger partial charge is 0.315 e. The molecule has 0 unspecified atom stereocenters. The molecule has 0 aromatic carbocycles. The highest BCUT2D eigenvalue weighted by atomic mass is 32.2. The number of esters is 1. The van der Waals surface area contributed by atoms with E-state index in [0.717, 1.165) is 18.6 Å². The first-order valence-corrected chi connectivity index (χ1v) is 6.66. The van der Waals surface area contributed by atoms with Crippen LogP contribution in [0.25, 0.3) is 0 Å². The van der Waals surface area contributed by atoms with Crippen molar-refractivity contribution in [2.45, 2.75) is 31.3 Å².